The average molecular weight is 331 g/mol. The monoisotopic (exact) mass is 331 g/mol. The molecule has 2 heterocycles. The fourth-order valence-electron chi connectivity index (χ4n) is 3.13. The first-order chi connectivity index (χ1) is 11.9. The molecular formula is C21H22BNO2. The fourth-order valence-corrected chi connectivity index (χ4v) is 3.13. The first kappa shape index (κ1) is 16.3. The van der Waals surface area contributed by atoms with E-state index in [4.69, 9.17) is 9.31 Å². The zero-order valence-corrected chi connectivity index (χ0v) is 15.1. The third-order valence-corrected chi connectivity index (χ3v) is 5.38. The van der Waals surface area contributed by atoms with Crippen LogP contribution in [0, 0.1) is 0 Å². The van der Waals surface area contributed by atoms with Gasteiger partial charge in [0, 0.05) is 17.1 Å². The van der Waals surface area contributed by atoms with E-state index in [9.17, 15) is 0 Å². The lowest BCUT2D eigenvalue weighted by atomic mass is 9.78. The Morgan fingerprint density at radius 1 is 0.800 bits per heavy atom. The molecule has 0 radical (unpaired) electrons. The van der Waals surface area contributed by atoms with Crippen LogP contribution in [0.3, 0.4) is 0 Å². The summed E-state index contributed by atoms with van der Waals surface area (Å²) >= 11 is 0. The van der Waals surface area contributed by atoms with Gasteiger partial charge in [0.15, 0.2) is 0 Å². The summed E-state index contributed by atoms with van der Waals surface area (Å²) in [4.78, 5) is 4.59. The molecule has 0 atom stereocenters. The maximum atomic E-state index is 6.13. The van der Waals surface area contributed by atoms with Crippen molar-refractivity contribution < 1.29 is 9.31 Å². The molecular weight excluding hydrogens is 309 g/mol. The van der Waals surface area contributed by atoms with E-state index in [-0.39, 0.29) is 18.3 Å². The van der Waals surface area contributed by atoms with Crippen LogP contribution in [0.5, 0.6) is 0 Å². The minimum absolute atomic E-state index is 0.326. The highest BCUT2D eigenvalue weighted by Gasteiger charge is 2.51. The Bertz CT molecular complexity index is 897. The van der Waals surface area contributed by atoms with Crippen molar-refractivity contribution in [2.45, 2.75) is 38.9 Å². The molecule has 1 aliphatic heterocycles. The topological polar surface area (TPSA) is 31.4 Å². The zero-order valence-electron chi connectivity index (χ0n) is 15.1. The molecule has 25 heavy (non-hydrogen) atoms. The summed E-state index contributed by atoms with van der Waals surface area (Å²) in [6.07, 6.45) is 1.86. The van der Waals surface area contributed by atoms with Gasteiger partial charge < -0.3 is 9.31 Å². The number of hydrogen-bond donors (Lipinski definition) is 0. The summed E-state index contributed by atoms with van der Waals surface area (Å²) in [5, 5.41) is 2.36. The molecule has 0 unspecified atom stereocenters. The van der Waals surface area contributed by atoms with E-state index >= 15 is 0 Å². The summed E-state index contributed by atoms with van der Waals surface area (Å²) < 4.78 is 12.3. The molecule has 0 aliphatic carbocycles. The Labute approximate surface area is 149 Å². The molecule has 3 aromatic rings. The Kier molecular flexibility index (Phi) is 3.71. The summed E-state index contributed by atoms with van der Waals surface area (Å²) in [5.74, 6) is 0. The molecule has 0 amide bonds. The minimum atomic E-state index is -0.334. The van der Waals surface area contributed by atoms with Crippen LogP contribution in [0.15, 0.2) is 60.8 Å². The number of rotatable bonds is 2. The van der Waals surface area contributed by atoms with Gasteiger partial charge in [-0.25, -0.2) is 0 Å². The van der Waals surface area contributed by atoms with Crippen LogP contribution in [0.25, 0.3) is 22.0 Å². The lowest BCUT2D eigenvalue weighted by Gasteiger charge is -2.32. The van der Waals surface area contributed by atoms with E-state index in [2.05, 4.69) is 69.1 Å². The van der Waals surface area contributed by atoms with Crippen molar-refractivity contribution in [3.05, 3.63) is 60.8 Å². The van der Waals surface area contributed by atoms with Gasteiger partial charge >= 0.3 is 7.12 Å². The number of pyridine rings is 1. The third-order valence-electron chi connectivity index (χ3n) is 5.38. The number of benzene rings is 2. The van der Waals surface area contributed by atoms with Crippen molar-refractivity contribution in [2.75, 3.05) is 0 Å². The summed E-state index contributed by atoms with van der Waals surface area (Å²) in [5.41, 5.74) is 2.47. The molecule has 1 saturated heterocycles. The van der Waals surface area contributed by atoms with E-state index in [0.717, 1.165) is 22.1 Å². The van der Waals surface area contributed by atoms with Gasteiger partial charge in [-0.05, 0) is 44.6 Å². The Hall–Kier alpha value is -2.17. The van der Waals surface area contributed by atoms with Crippen molar-refractivity contribution in [1.82, 2.24) is 4.98 Å². The molecule has 0 saturated carbocycles. The normalized spacial score (nSPS) is 18.6. The predicted molar refractivity (Wildman–Crippen MR) is 103 cm³/mol. The number of hydrogen-bond acceptors (Lipinski definition) is 3. The van der Waals surface area contributed by atoms with Gasteiger partial charge in [-0.3, -0.25) is 4.98 Å². The van der Waals surface area contributed by atoms with Crippen LogP contribution >= 0.6 is 0 Å². The Morgan fingerprint density at radius 2 is 1.44 bits per heavy atom. The summed E-state index contributed by atoms with van der Waals surface area (Å²) in [6, 6.07) is 18.7. The van der Waals surface area contributed by atoms with Gasteiger partial charge in [0.05, 0.1) is 16.9 Å². The van der Waals surface area contributed by atoms with Gasteiger partial charge in [0.1, 0.15) is 0 Å². The maximum absolute atomic E-state index is 6.13. The smallest absolute Gasteiger partial charge is 0.399 e. The lowest BCUT2D eigenvalue weighted by Crippen LogP contribution is -2.41. The molecule has 1 aromatic heterocycles. The average Bonchev–Trinajstić information content (AvgIpc) is 2.82. The molecule has 4 heteroatoms. The molecule has 0 spiro atoms. The quantitative estimate of drug-likeness (QED) is 0.660. The van der Waals surface area contributed by atoms with Crippen LogP contribution in [0.1, 0.15) is 27.7 Å². The lowest BCUT2D eigenvalue weighted by molar-refractivity contribution is 0.00578. The van der Waals surface area contributed by atoms with Crippen LogP contribution in [-0.2, 0) is 9.31 Å². The maximum Gasteiger partial charge on any atom is 0.494 e. The van der Waals surface area contributed by atoms with Gasteiger partial charge in [-0.2, -0.15) is 0 Å². The molecule has 3 nitrogen and oxygen atoms in total. The van der Waals surface area contributed by atoms with Crippen molar-refractivity contribution in [3.63, 3.8) is 0 Å². The van der Waals surface area contributed by atoms with Crippen LogP contribution in [0.4, 0.5) is 0 Å². The second-order valence-corrected chi connectivity index (χ2v) is 7.59. The standard InChI is InChI=1S/C21H22BNO2/c1-20(2)21(3,4)25-22(24-20)17-11-9-16(10-12-17)19-18-8-6-5-7-15(18)13-14-23-19/h5-14H,1-4H3. The molecule has 0 N–H and O–H groups in total. The third kappa shape index (κ3) is 2.76. The van der Waals surface area contributed by atoms with E-state index < -0.39 is 0 Å². The Morgan fingerprint density at radius 3 is 2.12 bits per heavy atom. The predicted octanol–water partition coefficient (Wildman–Crippen LogP) is 4.20. The van der Waals surface area contributed by atoms with Crippen molar-refractivity contribution in [2.24, 2.45) is 0 Å². The van der Waals surface area contributed by atoms with Gasteiger partial charge in [-0.15, -0.1) is 0 Å². The van der Waals surface area contributed by atoms with Crippen molar-refractivity contribution >= 4 is 23.4 Å². The second kappa shape index (κ2) is 5.68. The van der Waals surface area contributed by atoms with E-state index in [1.807, 2.05) is 24.4 Å². The summed E-state index contributed by atoms with van der Waals surface area (Å²) in [6.45, 7) is 8.28. The van der Waals surface area contributed by atoms with Gasteiger partial charge in [0.2, 0.25) is 0 Å². The highest BCUT2D eigenvalue weighted by atomic mass is 16.7. The van der Waals surface area contributed by atoms with Crippen molar-refractivity contribution in [3.8, 4) is 11.3 Å². The molecule has 0 bridgehead atoms. The number of nitrogens with zero attached hydrogens (tertiary/aromatic N) is 1. The number of fused-ring (bicyclic) bond motifs is 1. The second-order valence-electron chi connectivity index (χ2n) is 7.59. The molecule has 2 aromatic carbocycles. The van der Waals surface area contributed by atoms with Crippen LogP contribution in [0.2, 0.25) is 0 Å². The van der Waals surface area contributed by atoms with Crippen LogP contribution < -0.4 is 5.46 Å². The highest BCUT2D eigenvalue weighted by Crippen LogP contribution is 2.36. The van der Waals surface area contributed by atoms with Gasteiger partial charge in [-0.1, -0.05) is 48.5 Å². The minimum Gasteiger partial charge on any atom is -0.399 e. The molecule has 1 aliphatic rings. The molecule has 1 fully saturated rings. The van der Waals surface area contributed by atoms with Crippen LogP contribution in [-0.4, -0.2) is 23.3 Å². The SMILES string of the molecule is CC1(C)OB(c2ccc(-c3nccc4ccccc34)cc2)OC1(C)C. The number of aromatic nitrogens is 1. The van der Waals surface area contributed by atoms with E-state index in [1.54, 1.807) is 0 Å². The van der Waals surface area contributed by atoms with E-state index in [0.29, 0.717) is 0 Å². The molecule has 4 rings (SSSR count). The summed E-state index contributed by atoms with van der Waals surface area (Å²) in [7, 11) is -0.334. The first-order valence-corrected chi connectivity index (χ1v) is 8.67. The van der Waals surface area contributed by atoms with Gasteiger partial charge in [0.25, 0.3) is 0 Å². The first-order valence-electron chi connectivity index (χ1n) is 8.67. The largest absolute Gasteiger partial charge is 0.494 e. The van der Waals surface area contributed by atoms with E-state index in [1.165, 1.54) is 5.39 Å². The highest BCUT2D eigenvalue weighted by molar-refractivity contribution is 6.62. The molecule has 126 valence electrons. The fraction of sp³-hybridized carbons (Fsp3) is 0.286. The Balaban J connectivity index is 1.67. The van der Waals surface area contributed by atoms with Crippen molar-refractivity contribution in [1.29, 1.82) is 0 Å². The zero-order chi connectivity index (χ0) is 17.7.